The summed E-state index contributed by atoms with van der Waals surface area (Å²) in [6, 6.07) is 6.47. The summed E-state index contributed by atoms with van der Waals surface area (Å²) in [5.74, 6) is 0.0889. The lowest BCUT2D eigenvalue weighted by Crippen LogP contribution is -2.53. The summed E-state index contributed by atoms with van der Waals surface area (Å²) in [4.78, 5) is 11.2. The molecule has 1 saturated heterocycles. The van der Waals surface area contributed by atoms with E-state index in [-0.39, 0.29) is 11.9 Å². The van der Waals surface area contributed by atoms with Gasteiger partial charge in [0, 0.05) is 17.1 Å². The lowest BCUT2D eigenvalue weighted by Gasteiger charge is -2.24. The van der Waals surface area contributed by atoms with Crippen molar-refractivity contribution in [1.82, 2.24) is 10.6 Å². The van der Waals surface area contributed by atoms with Gasteiger partial charge in [0.2, 0.25) is 5.91 Å². The van der Waals surface area contributed by atoms with Crippen LogP contribution >= 0.6 is 15.9 Å². The van der Waals surface area contributed by atoms with Gasteiger partial charge in [-0.1, -0.05) is 22.0 Å². The average molecular weight is 283 g/mol. The van der Waals surface area contributed by atoms with Crippen LogP contribution in [0.1, 0.15) is 11.1 Å². The molecule has 4 heteroatoms. The molecule has 1 aromatic rings. The maximum Gasteiger partial charge on any atom is 0.234 e. The van der Waals surface area contributed by atoms with Crippen molar-refractivity contribution in [2.75, 3.05) is 13.1 Å². The Morgan fingerprint density at radius 2 is 2.31 bits per heavy atom. The van der Waals surface area contributed by atoms with Crippen LogP contribution in [0.2, 0.25) is 0 Å². The lowest BCUT2D eigenvalue weighted by atomic mass is 10.0. The molecular formula is C12H15BrN2O. The minimum absolute atomic E-state index is 0.0889. The van der Waals surface area contributed by atoms with Crippen molar-refractivity contribution < 1.29 is 4.79 Å². The van der Waals surface area contributed by atoms with Gasteiger partial charge in [0.05, 0.1) is 6.54 Å². The summed E-state index contributed by atoms with van der Waals surface area (Å²) in [6.07, 6.45) is 0.887. The van der Waals surface area contributed by atoms with Crippen molar-refractivity contribution in [3.63, 3.8) is 0 Å². The molecule has 1 atom stereocenters. The predicted molar refractivity (Wildman–Crippen MR) is 67.4 cm³/mol. The molecule has 2 rings (SSSR count). The van der Waals surface area contributed by atoms with Crippen LogP contribution in [-0.2, 0) is 11.2 Å². The fourth-order valence-electron chi connectivity index (χ4n) is 1.97. The van der Waals surface area contributed by atoms with Crippen LogP contribution in [0, 0.1) is 6.92 Å². The van der Waals surface area contributed by atoms with Gasteiger partial charge < -0.3 is 10.6 Å². The summed E-state index contributed by atoms with van der Waals surface area (Å²) in [5, 5.41) is 6.11. The molecule has 0 saturated carbocycles. The Balaban J connectivity index is 2.05. The van der Waals surface area contributed by atoms with Crippen molar-refractivity contribution in [2.45, 2.75) is 19.4 Å². The van der Waals surface area contributed by atoms with Gasteiger partial charge in [0.1, 0.15) is 0 Å². The summed E-state index contributed by atoms with van der Waals surface area (Å²) in [7, 11) is 0. The quantitative estimate of drug-likeness (QED) is 0.861. The molecule has 1 amide bonds. The van der Waals surface area contributed by atoms with E-state index in [1.165, 1.54) is 11.1 Å². The second-order valence-corrected chi connectivity index (χ2v) is 5.09. The van der Waals surface area contributed by atoms with E-state index >= 15 is 0 Å². The first kappa shape index (κ1) is 11.6. The normalized spacial score (nSPS) is 20.6. The molecule has 1 aliphatic rings. The molecule has 0 aliphatic carbocycles. The van der Waals surface area contributed by atoms with Gasteiger partial charge in [-0.3, -0.25) is 4.79 Å². The standard InChI is InChI=1S/C12H15BrN2O/c1-8-4-10(13)3-2-9(8)5-11-6-14-7-12(16)15-11/h2-4,11,14H,5-7H2,1H3,(H,15,16). The average Bonchev–Trinajstić information content (AvgIpc) is 2.22. The highest BCUT2D eigenvalue weighted by Crippen LogP contribution is 2.17. The van der Waals surface area contributed by atoms with Crippen LogP contribution < -0.4 is 10.6 Å². The van der Waals surface area contributed by atoms with Gasteiger partial charge in [-0.15, -0.1) is 0 Å². The molecule has 1 aliphatic heterocycles. The summed E-state index contributed by atoms with van der Waals surface area (Å²) < 4.78 is 1.10. The van der Waals surface area contributed by atoms with Crippen LogP contribution in [0.15, 0.2) is 22.7 Å². The van der Waals surface area contributed by atoms with E-state index in [4.69, 9.17) is 0 Å². The number of halogens is 1. The van der Waals surface area contributed by atoms with Gasteiger partial charge in [0.25, 0.3) is 0 Å². The maximum absolute atomic E-state index is 11.2. The Labute approximate surface area is 104 Å². The van der Waals surface area contributed by atoms with Crippen molar-refractivity contribution in [3.05, 3.63) is 33.8 Å². The van der Waals surface area contributed by atoms with Crippen LogP contribution in [0.25, 0.3) is 0 Å². The molecule has 0 spiro atoms. The van der Waals surface area contributed by atoms with Gasteiger partial charge in [-0.25, -0.2) is 0 Å². The number of carbonyl (C=O) groups is 1. The molecule has 1 heterocycles. The van der Waals surface area contributed by atoms with E-state index in [9.17, 15) is 4.79 Å². The third-order valence-electron chi connectivity index (χ3n) is 2.81. The highest BCUT2D eigenvalue weighted by molar-refractivity contribution is 9.10. The number of nitrogens with one attached hydrogen (secondary N) is 2. The Bertz CT molecular complexity index is 406. The topological polar surface area (TPSA) is 41.1 Å². The second-order valence-electron chi connectivity index (χ2n) is 4.17. The third-order valence-corrected chi connectivity index (χ3v) is 3.31. The fraction of sp³-hybridized carbons (Fsp3) is 0.417. The minimum atomic E-state index is 0.0889. The molecule has 0 radical (unpaired) electrons. The van der Waals surface area contributed by atoms with Crippen LogP contribution in [0.3, 0.4) is 0 Å². The zero-order valence-electron chi connectivity index (χ0n) is 9.22. The van der Waals surface area contributed by atoms with Crippen LogP contribution in [0.4, 0.5) is 0 Å². The predicted octanol–water partition coefficient (Wildman–Crippen LogP) is 1.39. The fourth-order valence-corrected chi connectivity index (χ4v) is 2.44. The summed E-state index contributed by atoms with van der Waals surface area (Å²) >= 11 is 3.45. The van der Waals surface area contributed by atoms with E-state index in [1.807, 2.05) is 6.07 Å². The van der Waals surface area contributed by atoms with Crippen molar-refractivity contribution in [1.29, 1.82) is 0 Å². The number of rotatable bonds is 2. The molecular weight excluding hydrogens is 268 g/mol. The zero-order chi connectivity index (χ0) is 11.5. The van der Waals surface area contributed by atoms with Crippen LogP contribution in [0.5, 0.6) is 0 Å². The smallest absolute Gasteiger partial charge is 0.234 e. The maximum atomic E-state index is 11.2. The number of aryl methyl sites for hydroxylation is 1. The molecule has 0 bridgehead atoms. The van der Waals surface area contributed by atoms with Gasteiger partial charge in [-0.05, 0) is 36.6 Å². The van der Waals surface area contributed by atoms with E-state index in [0.29, 0.717) is 6.54 Å². The Morgan fingerprint density at radius 3 is 3.00 bits per heavy atom. The second kappa shape index (κ2) is 4.97. The Kier molecular flexibility index (Phi) is 3.61. The molecule has 16 heavy (non-hydrogen) atoms. The largest absolute Gasteiger partial charge is 0.351 e. The highest BCUT2D eigenvalue weighted by atomic mass is 79.9. The molecule has 3 nitrogen and oxygen atoms in total. The van der Waals surface area contributed by atoms with E-state index < -0.39 is 0 Å². The number of hydrogen-bond acceptors (Lipinski definition) is 2. The number of carbonyl (C=O) groups excluding carboxylic acids is 1. The molecule has 1 aromatic carbocycles. The number of benzene rings is 1. The van der Waals surface area contributed by atoms with E-state index in [1.54, 1.807) is 0 Å². The van der Waals surface area contributed by atoms with E-state index in [0.717, 1.165) is 17.4 Å². The van der Waals surface area contributed by atoms with Gasteiger partial charge in [0.15, 0.2) is 0 Å². The third kappa shape index (κ3) is 2.83. The number of piperazine rings is 1. The Hall–Kier alpha value is -0.870. The zero-order valence-corrected chi connectivity index (χ0v) is 10.8. The Morgan fingerprint density at radius 1 is 1.50 bits per heavy atom. The first-order valence-electron chi connectivity index (χ1n) is 5.40. The molecule has 1 fully saturated rings. The number of amides is 1. The van der Waals surface area contributed by atoms with E-state index in [2.05, 4.69) is 45.6 Å². The first-order chi connectivity index (χ1) is 7.65. The number of hydrogen-bond donors (Lipinski definition) is 2. The monoisotopic (exact) mass is 282 g/mol. The van der Waals surface area contributed by atoms with Gasteiger partial charge in [-0.2, -0.15) is 0 Å². The SMILES string of the molecule is Cc1cc(Br)ccc1CC1CNCC(=O)N1. The molecule has 0 aromatic heterocycles. The molecule has 1 unspecified atom stereocenters. The lowest BCUT2D eigenvalue weighted by molar-refractivity contribution is -0.122. The van der Waals surface area contributed by atoms with Crippen molar-refractivity contribution in [2.24, 2.45) is 0 Å². The molecule has 86 valence electrons. The summed E-state index contributed by atoms with van der Waals surface area (Å²) in [6.45, 7) is 3.38. The summed E-state index contributed by atoms with van der Waals surface area (Å²) in [5.41, 5.74) is 2.55. The van der Waals surface area contributed by atoms with Gasteiger partial charge >= 0.3 is 0 Å². The van der Waals surface area contributed by atoms with Crippen molar-refractivity contribution >= 4 is 21.8 Å². The van der Waals surface area contributed by atoms with Crippen molar-refractivity contribution in [3.8, 4) is 0 Å². The molecule has 2 N–H and O–H groups in total. The first-order valence-corrected chi connectivity index (χ1v) is 6.19. The van der Waals surface area contributed by atoms with Crippen LogP contribution in [-0.4, -0.2) is 25.0 Å². The highest BCUT2D eigenvalue weighted by Gasteiger charge is 2.18. The minimum Gasteiger partial charge on any atom is -0.351 e.